The molecule has 5 nitrogen and oxygen atoms in total. The molecule has 0 aliphatic carbocycles. The molecule has 2 amide bonds. The largest absolute Gasteiger partial charge is 0.462 e. The average molecular weight is 330 g/mol. The van der Waals surface area contributed by atoms with Crippen LogP contribution in [0.3, 0.4) is 0 Å². The molecule has 0 saturated heterocycles. The normalized spacial score (nSPS) is 10.1. The van der Waals surface area contributed by atoms with Crippen molar-refractivity contribution >= 4 is 23.4 Å². The van der Waals surface area contributed by atoms with Gasteiger partial charge in [0.1, 0.15) is 5.82 Å². The van der Waals surface area contributed by atoms with Crippen molar-refractivity contribution < 1.29 is 18.7 Å². The third-order valence-corrected chi connectivity index (χ3v) is 3.25. The molecule has 24 heavy (non-hydrogen) atoms. The second-order valence-electron chi connectivity index (χ2n) is 5.09. The van der Waals surface area contributed by atoms with Crippen LogP contribution in [-0.2, 0) is 4.74 Å². The summed E-state index contributed by atoms with van der Waals surface area (Å²) in [5.41, 5.74) is 0.600. The van der Waals surface area contributed by atoms with Crippen molar-refractivity contribution in [2.45, 2.75) is 19.8 Å². The first kappa shape index (κ1) is 17.5. The van der Waals surface area contributed by atoms with Gasteiger partial charge in [0.25, 0.3) is 0 Å². The fourth-order valence-corrected chi connectivity index (χ4v) is 2.00. The molecule has 2 rings (SSSR count). The van der Waals surface area contributed by atoms with E-state index in [1.54, 1.807) is 30.3 Å². The number of esters is 1. The molecule has 2 aromatic carbocycles. The number of rotatable bonds is 6. The Morgan fingerprint density at radius 3 is 2.33 bits per heavy atom. The maximum atomic E-state index is 13.6. The number of urea groups is 1. The number of amides is 2. The summed E-state index contributed by atoms with van der Waals surface area (Å²) in [4.78, 5) is 24.1. The Bertz CT molecular complexity index is 719. The summed E-state index contributed by atoms with van der Waals surface area (Å²) < 4.78 is 18.7. The van der Waals surface area contributed by atoms with E-state index in [1.165, 1.54) is 18.2 Å². The van der Waals surface area contributed by atoms with Crippen molar-refractivity contribution in [1.82, 2.24) is 0 Å². The van der Waals surface area contributed by atoms with Crippen molar-refractivity contribution in [3.05, 3.63) is 59.9 Å². The third-order valence-electron chi connectivity index (χ3n) is 3.25. The molecule has 0 aliphatic heterocycles. The summed E-state index contributed by atoms with van der Waals surface area (Å²) in [5.74, 6) is -1.05. The topological polar surface area (TPSA) is 67.4 Å². The smallest absolute Gasteiger partial charge is 0.340 e. The Hall–Kier alpha value is -2.89. The van der Waals surface area contributed by atoms with E-state index in [0.29, 0.717) is 12.3 Å². The Morgan fingerprint density at radius 1 is 1.00 bits per heavy atom. The van der Waals surface area contributed by atoms with Crippen LogP contribution in [0.25, 0.3) is 0 Å². The van der Waals surface area contributed by atoms with Gasteiger partial charge < -0.3 is 15.4 Å². The number of ether oxygens (including phenoxy) is 1. The fraction of sp³-hybridized carbons (Fsp3) is 0.222. The number of carbonyl (C=O) groups is 2. The number of anilines is 2. The molecule has 0 radical (unpaired) electrons. The van der Waals surface area contributed by atoms with E-state index in [1.807, 2.05) is 6.92 Å². The van der Waals surface area contributed by atoms with Crippen molar-refractivity contribution in [3.8, 4) is 0 Å². The van der Waals surface area contributed by atoms with Gasteiger partial charge in [0, 0.05) is 0 Å². The van der Waals surface area contributed by atoms with E-state index < -0.39 is 17.8 Å². The molecule has 0 spiro atoms. The molecular weight excluding hydrogens is 311 g/mol. The molecule has 0 fully saturated rings. The SMILES string of the molecule is CCCCOC(=O)c1ccccc1NC(=O)Nc1ccccc1F. The highest BCUT2D eigenvalue weighted by Gasteiger charge is 2.14. The first-order valence-electron chi connectivity index (χ1n) is 7.70. The first-order valence-corrected chi connectivity index (χ1v) is 7.70. The average Bonchev–Trinajstić information content (AvgIpc) is 2.57. The van der Waals surface area contributed by atoms with E-state index >= 15 is 0 Å². The van der Waals surface area contributed by atoms with Crippen LogP contribution in [0.15, 0.2) is 48.5 Å². The van der Waals surface area contributed by atoms with Gasteiger partial charge in [-0.15, -0.1) is 0 Å². The Morgan fingerprint density at radius 2 is 1.62 bits per heavy atom. The van der Waals surface area contributed by atoms with Crippen molar-refractivity contribution in [3.63, 3.8) is 0 Å². The van der Waals surface area contributed by atoms with Gasteiger partial charge in [0.2, 0.25) is 0 Å². The molecule has 0 heterocycles. The van der Waals surface area contributed by atoms with Crippen molar-refractivity contribution in [2.75, 3.05) is 17.2 Å². The zero-order valence-electron chi connectivity index (χ0n) is 13.3. The highest BCUT2D eigenvalue weighted by molar-refractivity contribution is 6.05. The lowest BCUT2D eigenvalue weighted by Gasteiger charge is -2.12. The fourth-order valence-electron chi connectivity index (χ4n) is 2.00. The van der Waals surface area contributed by atoms with Gasteiger partial charge in [-0.05, 0) is 30.7 Å². The zero-order valence-corrected chi connectivity index (χ0v) is 13.3. The predicted octanol–water partition coefficient (Wildman–Crippen LogP) is 4.43. The van der Waals surface area contributed by atoms with Crippen LogP contribution in [0.5, 0.6) is 0 Å². The molecule has 0 saturated carbocycles. The third kappa shape index (κ3) is 4.81. The number of hydrogen-bond donors (Lipinski definition) is 2. The highest BCUT2D eigenvalue weighted by Crippen LogP contribution is 2.18. The molecule has 0 aliphatic rings. The van der Waals surface area contributed by atoms with E-state index in [2.05, 4.69) is 10.6 Å². The number of hydrogen-bond acceptors (Lipinski definition) is 3. The van der Waals surface area contributed by atoms with Gasteiger partial charge in [-0.3, -0.25) is 0 Å². The number of benzene rings is 2. The predicted molar refractivity (Wildman–Crippen MR) is 90.7 cm³/mol. The summed E-state index contributed by atoms with van der Waals surface area (Å²) in [7, 11) is 0. The van der Waals surface area contributed by atoms with Gasteiger partial charge in [0.15, 0.2) is 0 Å². The lowest BCUT2D eigenvalue weighted by Crippen LogP contribution is -2.22. The van der Waals surface area contributed by atoms with Crippen molar-refractivity contribution in [1.29, 1.82) is 0 Å². The summed E-state index contributed by atoms with van der Waals surface area (Å²) in [6, 6.07) is 11.7. The summed E-state index contributed by atoms with van der Waals surface area (Å²) in [6.07, 6.45) is 1.69. The van der Waals surface area contributed by atoms with Gasteiger partial charge >= 0.3 is 12.0 Å². The molecule has 2 N–H and O–H groups in total. The van der Waals surface area contributed by atoms with E-state index in [-0.39, 0.29) is 11.3 Å². The van der Waals surface area contributed by atoms with Crippen LogP contribution in [-0.4, -0.2) is 18.6 Å². The summed E-state index contributed by atoms with van der Waals surface area (Å²) >= 11 is 0. The second kappa shape index (κ2) is 8.67. The Kier molecular flexibility index (Phi) is 6.31. The number of halogens is 1. The Balaban J connectivity index is 2.05. The van der Waals surface area contributed by atoms with Crippen LogP contribution < -0.4 is 10.6 Å². The molecule has 6 heteroatoms. The van der Waals surface area contributed by atoms with Crippen molar-refractivity contribution in [2.24, 2.45) is 0 Å². The summed E-state index contributed by atoms with van der Waals surface area (Å²) in [5, 5.41) is 4.94. The maximum absolute atomic E-state index is 13.6. The number of carbonyl (C=O) groups excluding carboxylic acids is 2. The second-order valence-corrected chi connectivity index (χ2v) is 5.09. The number of para-hydroxylation sites is 2. The van der Waals surface area contributed by atoms with Gasteiger partial charge in [-0.2, -0.15) is 0 Å². The Labute approximate surface area is 139 Å². The minimum atomic E-state index is -0.645. The molecule has 2 aromatic rings. The van der Waals surface area contributed by atoms with Crippen LogP contribution in [0, 0.1) is 5.82 Å². The minimum Gasteiger partial charge on any atom is -0.462 e. The van der Waals surface area contributed by atoms with Crippen LogP contribution in [0.4, 0.5) is 20.6 Å². The molecule has 0 atom stereocenters. The standard InChI is InChI=1S/C18H19FN2O3/c1-2-3-12-24-17(22)13-8-4-6-10-15(13)20-18(23)21-16-11-7-5-9-14(16)19/h4-11H,2-3,12H2,1H3,(H2,20,21,23). The van der Waals surface area contributed by atoms with Crippen LogP contribution >= 0.6 is 0 Å². The van der Waals surface area contributed by atoms with E-state index in [4.69, 9.17) is 4.74 Å². The quantitative estimate of drug-likeness (QED) is 0.608. The number of nitrogens with one attached hydrogen (secondary N) is 2. The first-order chi connectivity index (χ1) is 11.6. The lowest BCUT2D eigenvalue weighted by atomic mass is 10.2. The van der Waals surface area contributed by atoms with Crippen LogP contribution in [0.1, 0.15) is 30.1 Å². The highest BCUT2D eigenvalue weighted by atomic mass is 19.1. The molecule has 126 valence electrons. The monoisotopic (exact) mass is 330 g/mol. The molecular formula is C18H19FN2O3. The van der Waals surface area contributed by atoms with Gasteiger partial charge in [-0.1, -0.05) is 37.6 Å². The molecule has 0 bridgehead atoms. The van der Waals surface area contributed by atoms with Gasteiger partial charge in [0.05, 0.1) is 23.5 Å². The van der Waals surface area contributed by atoms with E-state index in [0.717, 1.165) is 12.8 Å². The van der Waals surface area contributed by atoms with Gasteiger partial charge in [-0.25, -0.2) is 14.0 Å². The number of unbranched alkanes of at least 4 members (excludes halogenated alkanes) is 1. The lowest BCUT2D eigenvalue weighted by molar-refractivity contribution is 0.0501. The zero-order chi connectivity index (χ0) is 17.4. The maximum Gasteiger partial charge on any atom is 0.340 e. The minimum absolute atomic E-state index is 0.0537. The molecule has 0 aromatic heterocycles. The molecule has 0 unspecified atom stereocenters. The summed E-state index contributed by atoms with van der Waals surface area (Å²) in [6.45, 7) is 2.32. The van der Waals surface area contributed by atoms with Crippen LogP contribution in [0.2, 0.25) is 0 Å². The van der Waals surface area contributed by atoms with E-state index in [9.17, 15) is 14.0 Å².